The highest BCUT2D eigenvalue weighted by molar-refractivity contribution is 5.79. The van der Waals surface area contributed by atoms with Gasteiger partial charge in [0.2, 0.25) is 11.9 Å². The number of nitrogens with one attached hydrogen (secondary N) is 3. The van der Waals surface area contributed by atoms with Crippen LogP contribution in [0, 0.1) is 11.7 Å². The standard InChI is InChI=1S/C29H31FN6O4/c30-22-9-7-20(8-10-22)26-27(23-11-13-32-29(34-23)31-12-4-14-37)36-24(35-26)15-25-39-17-21(18-40-25)28(38)33-16-19-5-2-1-3-6-19/h1-3,5-11,13,21,25,37H,4,12,14-18H2,(H,33,38)(H,35,36)(H,31,32,34). The smallest absolute Gasteiger partial charge is 0.228 e. The highest BCUT2D eigenvalue weighted by Crippen LogP contribution is 2.30. The number of H-pyrrole nitrogens is 1. The van der Waals surface area contributed by atoms with Crippen LogP contribution in [-0.4, -0.2) is 63.6 Å². The van der Waals surface area contributed by atoms with E-state index in [1.54, 1.807) is 24.4 Å². The molecule has 4 N–H and O–H groups in total. The molecule has 0 radical (unpaired) electrons. The van der Waals surface area contributed by atoms with Crippen LogP contribution >= 0.6 is 0 Å². The van der Waals surface area contributed by atoms with Gasteiger partial charge in [0.25, 0.3) is 0 Å². The molecule has 1 saturated heterocycles. The minimum absolute atomic E-state index is 0.0652. The zero-order valence-corrected chi connectivity index (χ0v) is 21.8. The van der Waals surface area contributed by atoms with Gasteiger partial charge >= 0.3 is 0 Å². The number of anilines is 1. The summed E-state index contributed by atoms with van der Waals surface area (Å²) in [5.74, 6) is 0.153. The van der Waals surface area contributed by atoms with E-state index in [2.05, 4.69) is 25.6 Å². The van der Waals surface area contributed by atoms with Crippen molar-refractivity contribution < 1.29 is 23.8 Å². The molecule has 208 valence electrons. The van der Waals surface area contributed by atoms with Gasteiger partial charge in [-0.1, -0.05) is 30.3 Å². The summed E-state index contributed by atoms with van der Waals surface area (Å²) < 4.78 is 25.4. The van der Waals surface area contributed by atoms with Gasteiger partial charge in [0.15, 0.2) is 6.29 Å². The second-order valence-electron chi connectivity index (χ2n) is 9.38. The van der Waals surface area contributed by atoms with E-state index >= 15 is 0 Å². The maximum absolute atomic E-state index is 13.6. The molecule has 0 aliphatic carbocycles. The van der Waals surface area contributed by atoms with Crippen molar-refractivity contribution in [3.63, 3.8) is 0 Å². The third-order valence-corrected chi connectivity index (χ3v) is 6.41. The molecule has 11 heteroatoms. The van der Waals surface area contributed by atoms with E-state index in [0.29, 0.717) is 60.3 Å². The van der Waals surface area contributed by atoms with Gasteiger partial charge in [0.1, 0.15) is 11.6 Å². The summed E-state index contributed by atoms with van der Waals surface area (Å²) in [7, 11) is 0. The van der Waals surface area contributed by atoms with Crippen molar-refractivity contribution in [2.75, 3.05) is 31.7 Å². The third kappa shape index (κ3) is 7.06. The first-order chi connectivity index (χ1) is 19.6. The van der Waals surface area contributed by atoms with Gasteiger partial charge in [-0.3, -0.25) is 4.79 Å². The van der Waals surface area contributed by atoms with E-state index in [1.807, 2.05) is 30.3 Å². The van der Waals surface area contributed by atoms with E-state index in [-0.39, 0.29) is 31.5 Å². The van der Waals surface area contributed by atoms with E-state index in [4.69, 9.17) is 19.6 Å². The Balaban J connectivity index is 1.26. The Bertz CT molecular complexity index is 1390. The van der Waals surface area contributed by atoms with Crippen LogP contribution in [-0.2, 0) is 27.2 Å². The Labute approximate surface area is 231 Å². The fraction of sp³-hybridized carbons (Fsp3) is 0.310. The maximum Gasteiger partial charge on any atom is 0.228 e. The summed E-state index contributed by atoms with van der Waals surface area (Å²) in [5, 5.41) is 15.1. The molecule has 2 aromatic heterocycles. The minimum atomic E-state index is -0.584. The normalized spacial score (nSPS) is 16.9. The number of benzene rings is 2. The number of hydrogen-bond donors (Lipinski definition) is 4. The molecule has 5 rings (SSSR count). The molecule has 0 atom stereocenters. The SMILES string of the molecule is O=C(NCc1ccccc1)C1COC(Cc2nc(-c3ccc(F)cc3)c(-c3ccnc(NCCCO)n3)[nH]2)OC1. The summed E-state index contributed by atoms with van der Waals surface area (Å²) in [4.78, 5) is 29.5. The molecule has 1 fully saturated rings. The molecular weight excluding hydrogens is 515 g/mol. The van der Waals surface area contributed by atoms with Crippen LogP contribution in [0.3, 0.4) is 0 Å². The molecule has 1 amide bonds. The summed E-state index contributed by atoms with van der Waals surface area (Å²) in [5.41, 5.74) is 3.58. The summed E-state index contributed by atoms with van der Waals surface area (Å²) in [6.07, 6.45) is 1.94. The summed E-state index contributed by atoms with van der Waals surface area (Å²) in [6, 6.07) is 17.5. The molecule has 10 nitrogen and oxygen atoms in total. The first kappa shape index (κ1) is 27.4. The van der Waals surface area contributed by atoms with Crippen LogP contribution in [0.4, 0.5) is 10.3 Å². The molecule has 4 aromatic rings. The summed E-state index contributed by atoms with van der Waals surface area (Å²) >= 11 is 0. The number of aromatic amines is 1. The second-order valence-corrected chi connectivity index (χ2v) is 9.38. The number of aliphatic hydroxyl groups is 1. The first-order valence-electron chi connectivity index (χ1n) is 13.2. The number of imidazole rings is 1. The second kappa shape index (κ2) is 13.2. The molecule has 40 heavy (non-hydrogen) atoms. The predicted octanol–water partition coefficient (Wildman–Crippen LogP) is 3.32. The molecule has 0 spiro atoms. The summed E-state index contributed by atoms with van der Waals surface area (Å²) in [6.45, 7) is 1.51. The highest BCUT2D eigenvalue weighted by atomic mass is 19.1. The molecule has 0 saturated carbocycles. The van der Waals surface area contributed by atoms with E-state index < -0.39 is 12.2 Å². The molecule has 1 aliphatic heterocycles. The lowest BCUT2D eigenvalue weighted by Crippen LogP contribution is -2.42. The molecular formula is C29H31FN6O4. The number of nitrogens with zero attached hydrogens (tertiary/aromatic N) is 3. The molecule has 1 aliphatic rings. The Morgan fingerprint density at radius 3 is 2.58 bits per heavy atom. The van der Waals surface area contributed by atoms with Crippen LogP contribution < -0.4 is 10.6 Å². The average molecular weight is 547 g/mol. The Kier molecular flexibility index (Phi) is 9.07. The number of carbonyl (C=O) groups excluding carboxylic acids is 1. The minimum Gasteiger partial charge on any atom is -0.396 e. The van der Waals surface area contributed by atoms with Crippen LogP contribution in [0.5, 0.6) is 0 Å². The lowest BCUT2D eigenvalue weighted by atomic mass is 10.1. The van der Waals surface area contributed by atoms with Gasteiger partial charge in [-0.05, 0) is 42.3 Å². The van der Waals surface area contributed by atoms with Gasteiger partial charge in [0, 0.05) is 31.5 Å². The van der Waals surface area contributed by atoms with Gasteiger partial charge < -0.3 is 30.2 Å². The molecule has 3 heterocycles. The van der Waals surface area contributed by atoms with Crippen molar-refractivity contribution >= 4 is 11.9 Å². The number of ether oxygens (including phenoxy) is 2. The topological polar surface area (TPSA) is 134 Å². The van der Waals surface area contributed by atoms with Gasteiger partial charge in [-0.15, -0.1) is 0 Å². The number of halogens is 1. The molecule has 2 aromatic carbocycles. The lowest BCUT2D eigenvalue weighted by molar-refractivity contribution is -0.201. The largest absolute Gasteiger partial charge is 0.396 e. The number of rotatable bonds is 11. The van der Waals surface area contributed by atoms with Crippen LogP contribution in [0.25, 0.3) is 22.6 Å². The Hall–Kier alpha value is -4.19. The van der Waals surface area contributed by atoms with E-state index in [1.165, 1.54) is 12.1 Å². The third-order valence-electron chi connectivity index (χ3n) is 6.41. The van der Waals surface area contributed by atoms with Gasteiger partial charge in [0.05, 0.1) is 42.6 Å². The van der Waals surface area contributed by atoms with Crippen LogP contribution in [0.15, 0.2) is 66.9 Å². The van der Waals surface area contributed by atoms with Crippen molar-refractivity contribution in [3.8, 4) is 22.6 Å². The fourth-order valence-corrected chi connectivity index (χ4v) is 4.28. The quantitative estimate of drug-likeness (QED) is 0.211. The van der Waals surface area contributed by atoms with Crippen molar-refractivity contribution in [1.29, 1.82) is 0 Å². The van der Waals surface area contributed by atoms with Crippen molar-refractivity contribution in [1.82, 2.24) is 25.3 Å². The van der Waals surface area contributed by atoms with Crippen LogP contribution in [0.2, 0.25) is 0 Å². The van der Waals surface area contributed by atoms with E-state index in [0.717, 1.165) is 5.56 Å². The average Bonchev–Trinajstić information content (AvgIpc) is 3.41. The maximum atomic E-state index is 13.6. The number of aromatic nitrogens is 4. The zero-order valence-electron chi connectivity index (χ0n) is 21.8. The Morgan fingerprint density at radius 1 is 1.05 bits per heavy atom. The number of amides is 1. The van der Waals surface area contributed by atoms with Gasteiger partial charge in [-0.25, -0.2) is 19.3 Å². The number of carbonyl (C=O) groups is 1. The van der Waals surface area contributed by atoms with Crippen molar-refractivity contribution in [3.05, 3.63) is 84.1 Å². The van der Waals surface area contributed by atoms with E-state index in [9.17, 15) is 9.18 Å². The highest BCUT2D eigenvalue weighted by Gasteiger charge is 2.29. The first-order valence-corrected chi connectivity index (χ1v) is 13.2. The predicted molar refractivity (Wildman–Crippen MR) is 146 cm³/mol. The van der Waals surface area contributed by atoms with Crippen LogP contribution in [0.1, 0.15) is 17.8 Å². The van der Waals surface area contributed by atoms with Gasteiger partial charge in [-0.2, -0.15) is 0 Å². The monoisotopic (exact) mass is 546 g/mol. The Morgan fingerprint density at radius 2 is 1.82 bits per heavy atom. The number of aliphatic hydroxyl groups excluding tert-OH is 1. The molecule has 0 bridgehead atoms. The lowest BCUT2D eigenvalue weighted by Gasteiger charge is -2.28. The fourth-order valence-electron chi connectivity index (χ4n) is 4.28. The zero-order chi connectivity index (χ0) is 27.7. The number of hydrogen-bond acceptors (Lipinski definition) is 8. The van der Waals surface area contributed by atoms with Crippen molar-refractivity contribution in [2.24, 2.45) is 5.92 Å². The molecule has 0 unspecified atom stereocenters. The van der Waals surface area contributed by atoms with Crippen molar-refractivity contribution in [2.45, 2.75) is 25.7 Å².